The van der Waals surface area contributed by atoms with E-state index in [1.54, 1.807) is 31.4 Å². The molecule has 1 aliphatic heterocycles. The molecule has 0 bridgehead atoms. The Balaban J connectivity index is 1.30. The molecular weight excluding hydrogens is 575 g/mol. The van der Waals surface area contributed by atoms with Crippen molar-refractivity contribution in [3.05, 3.63) is 94.5 Å². The quantitative estimate of drug-likeness (QED) is 0.157. The van der Waals surface area contributed by atoms with Gasteiger partial charge < -0.3 is 30.2 Å². The summed E-state index contributed by atoms with van der Waals surface area (Å²) in [5, 5.41) is 32.7. The van der Waals surface area contributed by atoms with Crippen molar-refractivity contribution in [1.82, 2.24) is 25.4 Å². The summed E-state index contributed by atoms with van der Waals surface area (Å²) in [6.45, 7) is 1.41. The number of nitrogens with one attached hydrogen (secondary N) is 2. The average Bonchev–Trinajstić information content (AvgIpc) is 3.33. The molecule has 1 aliphatic rings. The minimum absolute atomic E-state index is 0.0901. The number of aromatic nitrogens is 3. The van der Waals surface area contributed by atoms with E-state index >= 15 is 0 Å². The van der Waals surface area contributed by atoms with Gasteiger partial charge in [-0.2, -0.15) is 0 Å². The average molecular weight is 603 g/mol. The van der Waals surface area contributed by atoms with Crippen LogP contribution in [0.25, 0.3) is 5.69 Å². The number of methoxy groups -OCH3 is 1. The molecule has 2 heterocycles. The molecule has 0 unspecified atom stereocenters. The maximum absolute atomic E-state index is 13.1. The van der Waals surface area contributed by atoms with Crippen molar-refractivity contribution in [1.29, 1.82) is 0 Å². The van der Waals surface area contributed by atoms with Crippen LogP contribution in [0.1, 0.15) is 35.2 Å². The summed E-state index contributed by atoms with van der Waals surface area (Å²) in [6, 6.07) is 18.2. The second-order valence-electron chi connectivity index (χ2n) is 9.64. The molecule has 5 rings (SSSR count). The predicted octanol–water partition coefficient (Wildman–Crippen LogP) is 1.47. The highest BCUT2D eigenvalue weighted by molar-refractivity contribution is 6.58. The normalized spacial score (nSPS) is 13.6. The summed E-state index contributed by atoms with van der Waals surface area (Å²) >= 11 is 6.15. The summed E-state index contributed by atoms with van der Waals surface area (Å²) in [7, 11) is 0.00769. The Morgan fingerprint density at radius 2 is 1.70 bits per heavy atom. The van der Waals surface area contributed by atoms with Gasteiger partial charge in [0.05, 0.1) is 31.5 Å². The molecule has 1 aromatic heterocycles. The number of amides is 2. The number of fused-ring (bicyclic) bond motifs is 3. The first-order valence-corrected chi connectivity index (χ1v) is 13.7. The lowest BCUT2D eigenvalue weighted by molar-refractivity contribution is -0.126. The largest absolute Gasteiger partial charge is 0.497 e. The van der Waals surface area contributed by atoms with Crippen LogP contribution in [0.2, 0.25) is 5.02 Å². The number of benzene rings is 3. The predicted molar refractivity (Wildman–Crippen MR) is 160 cm³/mol. The van der Waals surface area contributed by atoms with E-state index in [0.717, 1.165) is 16.8 Å². The summed E-state index contributed by atoms with van der Waals surface area (Å²) in [6.07, 6.45) is -0.0901. The molecular formula is C29H28BClN6O6. The number of ether oxygens (including phenoxy) is 2. The Morgan fingerprint density at radius 1 is 0.977 bits per heavy atom. The fourth-order valence-electron chi connectivity index (χ4n) is 4.60. The number of rotatable bonds is 10. The summed E-state index contributed by atoms with van der Waals surface area (Å²) in [4.78, 5) is 30.4. The molecule has 14 heteroatoms. The maximum Gasteiger partial charge on any atom is 0.488 e. The van der Waals surface area contributed by atoms with Crippen LogP contribution in [-0.4, -0.2) is 69.8 Å². The molecule has 4 aromatic rings. The van der Waals surface area contributed by atoms with Crippen LogP contribution in [-0.2, 0) is 9.59 Å². The molecule has 4 N–H and O–H groups in total. The number of carbonyl (C=O) groups excluding carboxylic acids is 2. The second-order valence-corrected chi connectivity index (χ2v) is 10.1. The highest BCUT2D eigenvalue weighted by Crippen LogP contribution is 2.34. The number of nitrogens with zero attached hydrogens (tertiary/aromatic N) is 4. The number of aliphatic imine (C=N–C) groups is 1. The van der Waals surface area contributed by atoms with Gasteiger partial charge in [-0.15, -0.1) is 10.2 Å². The van der Waals surface area contributed by atoms with E-state index in [-0.39, 0.29) is 19.7 Å². The Kier molecular flexibility index (Phi) is 9.05. The molecule has 2 amide bonds. The molecule has 12 nitrogen and oxygen atoms in total. The van der Waals surface area contributed by atoms with Gasteiger partial charge in [-0.3, -0.25) is 19.1 Å². The lowest BCUT2D eigenvalue weighted by Crippen LogP contribution is -2.38. The number of aryl methyl sites for hydroxylation is 1. The van der Waals surface area contributed by atoms with Gasteiger partial charge in [0, 0.05) is 16.1 Å². The van der Waals surface area contributed by atoms with E-state index in [1.807, 2.05) is 41.8 Å². The van der Waals surface area contributed by atoms with Crippen molar-refractivity contribution in [2.24, 2.45) is 4.99 Å². The van der Waals surface area contributed by atoms with Crippen molar-refractivity contribution in [2.45, 2.75) is 19.4 Å². The van der Waals surface area contributed by atoms with Gasteiger partial charge in [0.2, 0.25) is 11.8 Å². The third kappa shape index (κ3) is 6.86. The van der Waals surface area contributed by atoms with Crippen LogP contribution in [0, 0.1) is 6.92 Å². The molecule has 0 aliphatic carbocycles. The Hall–Kier alpha value is -4.72. The van der Waals surface area contributed by atoms with Gasteiger partial charge in [0.1, 0.15) is 23.4 Å². The maximum atomic E-state index is 13.1. The van der Waals surface area contributed by atoms with Crippen molar-refractivity contribution in [2.75, 3.05) is 20.4 Å². The van der Waals surface area contributed by atoms with Gasteiger partial charge >= 0.3 is 7.12 Å². The Morgan fingerprint density at radius 3 is 2.40 bits per heavy atom. The summed E-state index contributed by atoms with van der Waals surface area (Å²) < 4.78 is 12.8. The van der Waals surface area contributed by atoms with Crippen LogP contribution >= 0.6 is 11.6 Å². The standard InChI is InChI=1S/C29H28BClN6O6/c1-17-35-36-29-24(14-26(38)32-15-27(39)33-16-43-21-9-5-19(6-10-21)30(40)41)34-28(18-3-7-20(31)8-4-18)23-13-22(42-2)11-12-25(23)37(17)29/h3-13,24,40-41H,14-16H2,1-2H3,(H,32,38)(H,33,39)/t24-/m0/s1. The van der Waals surface area contributed by atoms with Gasteiger partial charge in [-0.25, -0.2) is 0 Å². The number of carbonyl (C=O) groups is 2. The van der Waals surface area contributed by atoms with E-state index < -0.39 is 25.0 Å². The van der Waals surface area contributed by atoms with Crippen LogP contribution in [0.5, 0.6) is 11.5 Å². The van der Waals surface area contributed by atoms with Crippen molar-refractivity contribution < 1.29 is 29.1 Å². The minimum Gasteiger partial charge on any atom is -0.497 e. The second kappa shape index (κ2) is 13.1. The molecule has 0 radical (unpaired) electrons. The van der Waals surface area contributed by atoms with Crippen molar-refractivity contribution >= 4 is 41.7 Å². The van der Waals surface area contributed by atoms with E-state index in [1.165, 1.54) is 12.1 Å². The zero-order valence-electron chi connectivity index (χ0n) is 23.3. The van der Waals surface area contributed by atoms with Gasteiger partial charge in [-0.05, 0) is 54.9 Å². The fraction of sp³-hybridized carbons (Fsp3) is 0.207. The van der Waals surface area contributed by atoms with Crippen LogP contribution in [0.4, 0.5) is 0 Å². The molecule has 0 saturated carbocycles. The third-order valence-corrected chi connectivity index (χ3v) is 7.01. The SMILES string of the molecule is COc1ccc2c(c1)C(c1ccc(Cl)cc1)=N[C@@H](CC(=O)NCC(=O)NCOc1ccc(B(O)O)cc1)c1nnc(C)n1-2. The zero-order valence-corrected chi connectivity index (χ0v) is 24.1. The van der Waals surface area contributed by atoms with E-state index in [0.29, 0.717) is 39.3 Å². The lowest BCUT2D eigenvalue weighted by atomic mass is 9.80. The molecule has 0 saturated heterocycles. The smallest absolute Gasteiger partial charge is 0.488 e. The van der Waals surface area contributed by atoms with Gasteiger partial charge in [-0.1, -0.05) is 35.9 Å². The highest BCUT2D eigenvalue weighted by atomic mass is 35.5. The van der Waals surface area contributed by atoms with Crippen LogP contribution in [0.3, 0.4) is 0 Å². The van der Waals surface area contributed by atoms with Crippen LogP contribution in [0.15, 0.2) is 71.7 Å². The monoisotopic (exact) mass is 602 g/mol. The molecule has 0 spiro atoms. The number of hydrogen-bond acceptors (Lipinski definition) is 9. The first kappa shape index (κ1) is 29.8. The van der Waals surface area contributed by atoms with Gasteiger partial charge in [0.15, 0.2) is 12.6 Å². The van der Waals surface area contributed by atoms with Crippen molar-refractivity contribution in [3.8, 4) is 17.2 Å². The topological polar surface area (TPSA) is 160 Å². The summed E-state index contributed by atoms with van der Waals surface area (Å²) in [5.41, 5.74) is 3.30. The summed E-state index contributed by atoms with van der Waals surface area (Å²) in [5.74, 6) is 1.31. The molecule has 1 atom stereocenters. The lowest BCUT2D eigenvalue weighted by Gasteiger charge is -2.14. The van der Waals surface area contributed by atoms with Crippen LogP contribution < -0.4 is 25.6 Å². The van der Waals surface area contributed by atoms with Crippen molar-refractivity contribution in [3.63, 3.8) is 0 Å². The highest BCUT2D eigenvalue weighted by Gasteiger charge is 2.30. The molecule has 0 fully saturated rings. The zero-order chi connectivity index (χ0) is 30.5. The van der Waals surface area contributed by atoms with E-state index in [2.05, 4.69) is 20.8 Å². The van der Waals surface area contributed by atoms with E-state index in [4.69, 9.17) is 36.1 Å². The minimum atomic E-state index is -1.58. The molecule has 3 aromatic carbocycles. The first-order valence-electron chi connectivity index (χ1n) is 13.3. The Bertz CT molecular complexity index is 1660. The van der Waals surface area contributed by atoms with E-state index in [9.17, 15) is 9.59 Å². The molecule has 43 heavy (non-hydrogen) atoms. The first-order chi connectivity index (χ1) is 20.7. The Labute approximate surface area is 252 Å². The van der Waals surface area contributed by atoms with Gasteiger partial charge in [0.25, 0.3) is 0 Å². The molecule has 220 valence electrons. The number of halogens is 1. The third-order valence-electron chi connectivity index (χ3n) is 6.76. The number of hydrogen-bond donors (Lipinski definition) is 4. The fourth-order valence-corrected chi connectivity index (χ4v) is 4.73.